The lowest BCUT2D eigenvalue weighted by molar-refractivity contribution is -0.126. The molecule has 2 N–H and O–H groups in total. The number of Topliss-reactive ketones (excluding diaryl/α,β-unsaturated/α-hetero) is 1. The van der Waals surface area contributed by atoms with Crippen molar-refractivity contribution < 1.29 is 14.7 Å². The van der Waals surface area contributed by atoms with E-state index in [1.807, 2.05) is 6.08 Å². The summed E-state index contributed by atoms with van der Waals surface area (Å²) in [5.41, 5.74) is 1.43. The third-order valence-corrected chi connectivity index (χ3v) is 6.88. The first-order valence-electron chi connectivity index (χ1n) is 11.4. The molecular weight excluding hydrogens is 392 g/mol. The molecule has 0 bridgehead atoms. The Hall–Kier alpha value is -2.54. The molecule has 1 aromatic heterocycles. The maximum absolute atomic E-state index is 12.9. The highest BCUT2D eigenvalue weighted by Crippen LogP contribution is 2.38. The molecule has 0 aromatic carbocycles. The number of carbonyl (C=O) groups is 2. The predicted octanol–water partition coefficient (Wildman–Crippen LogP) is 2.91. The molecule has 31 heavy (non-hydrogen) atoms. The number of nitrogens with zero attached hydrogens (tertiary/aromatic N) is 3. The minimum Gasteiger partial charge on any atom is -0.390 e. The van der Waals surface area contributed by atoms with E-state index < -0.39 is 5.60 Å². The molecule has 1 saturated carbocycles. The van der Waals surface area contributed by atoms with Gasteiger partial charge in [0.05, 0.1) is 23.2 Å². The molecule has 2 unspecified atom stereocenters. The van der Waals surface area contributed by atoms with E-state index in [1.54, 1.807) is 11.1 Å². The van der Waals surface area contributed by atoms with Crippen LogP contribution in [-0.4, -0.2) is 56.4 Å². The summed E-state index contributed by atoms with van der Waals surface area (Å²) in [6.45, 7) is 7.07. The first-order valence-corrected chi connectivity index (χ1v) is 11.4. The van der Waals surface area contributed by atoms with Crippen LogP contribution in [0.15, 0.2) is 24.9 Å². The van der Waals surface area contributed by atoms with E-state index in [4.69, 9.17) is 4.98 Å². The fourth-order valence-corrected chi connectivity index (χ4v) is 5.05. The van der Waals surface area contributed by atoms with Crippen molar-refractivity contribution in [3.63, 3.8) is 0 Å². The van der Waals surface area contributed by atoms with Crippen molar-refractivity contribution in [2.24, 2.45) is 5.92 Å². The summed E-state index contributed by atoms with van der Waals surface area (Å²) in [7, 11) is 0. The van der Waals surface area contributed by atoms with E-state index in [9.17, 15) is 14.7 Å². The van der Waals surface area contributed by atoms with Gasteiger partial charge in [0.15, 0.2) is 5.78 Å². The molecule has 3 aliphatic rings. The van der Waals surface area contributed by atoms with Crippen molar-refractivity contribution in [3.8, 4) is 0 Å². The number of amides is 1. The molecule has 2 heterocycles. The molecule has 1 aliphatic heterocycles. The highest BCUT2D eigenvalue weighted by atomic mass is 16.3. The molecule has 166 valence electrons. The number of likely N-dealkylation sites (tertiary alicyclic amines) is 1. The van der Waals surface area contributed by atoms with Crippen LogP contribution >= 0.6 is 0 Å². The van der Waals surface area contributed by atoms with E-state index >= 15 is 0 Å². The summed E-state index contributed by atoms with van der Waals surface area (Å²) < 4.78 is 0. The van der Waals surface area contributed by atoms with Crippen molar-refractivity contribution >= 4 is 23.1 Å². The quantitative estimate of drug-likeness (QED) is 0.654. The second kappa shape index (κ2) is 8.91. The summed E-state index contributed by atoms with van der Waals surface area (Å²) in [5.74, 6) is 1.19. The molecule has 2 atom stereocenters. The summed E-state index contributed by atoms with van der Waals surface area (Å²) in [6, 6.07) is 0.212. The fraction of sp³-hybridized carbons (Fsp3) is 0.583. The maximum atomic E-state index is 12.9. The lowest BCUT2D eigenvalue weighted by Crippen LogP contribution is -2.41. The second-order valence-electron chi connectivity index (χ2n) is 9.32. The number of fused-ring (bicyclic) bond motifs is 1. The Morgan fingerprint density at radius 2 is 2.13 bits per heavy atom. The minimum absolute atomic E-state index is 0.0271. The van der Waals surface area contributed by atoms with Crippen molar-refractivity contribution in [2.45, 2.75) is 69.9 Å². The number of anilines is 1. The SMILES string of the molecule is C=CC(=O)N1CCC(Nc2cnc3c(n2)C(C(=O)CCC2(O)CCC(C)C2)=CC3)CC1. The molecule has 0 radical (unpaired) electrons. The molecule has 7 nitrogen and oxygen atoms in total. The van der Waals surface area contributed by atoms with Crippen LogP contribution in [0.4, 0.5) is 5.82 Å². The lowest BCUT2D eigenvalue weighted by atomic mass is 9.92. The Bertz CT molecular complexity index is 904. The molecular formula is C24H32N4O3. The number of ketones is 1. The predicted molar refractivity (Wildman–Crippen MR) is 119 cm³/mol. The number of piperidine rings is 1. The summed E-state index contributed by atoms with van der Waals surface area (Å²) in [4.78, 5) is 35.7. The summed E-state index contributed by atoms with van der Waals surface area (Å²) >= 11 is 0. The molecule has 1 aromatic rings. The number of hydrogen-bond acceptors (Lipinski definition) is 6. The standard InChI is InChI=1S/C24H32N4O3/c1-3-22(30)28-12-8-17(9-13-28)26-21-15-25-19-5-4-18(23(19)27-21)20(29)7-11-24(31)10-6-16(2)14-24/h3-4,15-17,31H,1,5-14H2,2H3,(H,26,27). The normalized spacial score (nSPS) is 25.8. The third kappa shape index (κ3) is 4.87. The number of hydrogen-bond donors (Lipinski definition) is 2. The Kier molecular flexibility index (Phi) is 6.23. The van der Waals surface area contributed by atoms with Gasteiger partial charge >= 0.3 is 0 Å². The molecule has 2 fully saturated rings. The number of allylic oxidation sites excluding steroid dienone is 2. The van der Waals surface area contributed by atoms with Gasteiger partial charge in [-0.05, 0) is 50.5 Å². The van der Waals surface area contributed by atoms with Gasteiger partial charge in [0.2, 0.25) is 5.91 Å². The van der Waals surface area contributed by atoms with Crippen molar-refractivity contribution in [3.05, 3.63) is 36.3 Å². The average Bonchev–Trinajstić information content (AvgIpc) is 3.35. The van der Waals surface area contributed by atoms with Gasteiger partial charge in [-0.25, -0.2) is 4.98 Å². The number of nitrogens with one attached hydrogen (secondary N) is 1. The second-order valence-corrected chi connectivity index (χ2v) is 9.32. The van der Waals surface area contributed by atoms with E-state index in [2.05, 4.69) is 23.8 Å². The zero-order valence-corrected chi connectivity index (χ0v) is 18.3. The van der Waals surface area contributed by atoms with E-state index in [-0.39, 0.29) is 17.7 Å². The Morgan fingerprint density at radius 3 is 2.81 bits per heavy atom. The van der Waals surface area contributed by atoms with Gasteiger partial charge in [0.25, 0.3) is 0 Å². The van der Waals surface area contributed by atoms with Crippen LogP contribution in [0.2, 0.25) is 0 Å². The molecule has 7 heteroatoms. The zero-order valence-electron chi connectivity index (χ0n) is 18.3. The fourth-order valence-electron chi connectivity index (χ4n) is 5.05. The molecule has 2 aliphatic carbocycles. The lowest BCUT2D eigenvalue weighted by Gasteiger charge is -2.32. The molecule has 1 saturated heterocycles. The maximum Gasteiger partial charge on any atom is 0.245 e. The van der Waals surface area contributed by atoms with Crippen LogP contribution in [0.25, 0.3) is 5.57 Å². The average molecular weight is 425 g/mol. The molecule has 1 amide bonds. The smallest absolute Gasteiger partial charge is 0.245 e. The number of rotatable bonds is 7. The van der Waals surface area contributed by atoms with Crippen LogP contribution in [0.3, 0.4) is 0 Å². The third-order valence-electron chi connectivity index (χ3n) is 6.88. The topological polar surface area (TPSA) is 95.4 Å². The first-order chi connectivity index (χ1) is 14.9. The summed E-state index contributed by atoms with van der Waals surface area (Å²) in [6.07, 6.45) is 10.7. The Labute approximate surface area is 183 Å². The van der Waals surface area contributed by atoms with Crippen LogP contribution in [-0.2, 0) is 16.0 Å². The highest BCUT2D eigenvalue weighted by Gasteiger charge is 2.36. The molecule has 4 rings (SSSR count). The van der Waals surface area contributed by atoms with E-state index in [0.29, 0.717) is 55.4 Å². The number of aromatic nitrogens is 2. The van der Waals surface area contributed by atoms with Gasteiger partial charge in [-0.1, -0.05) is 19.6 Å². The monoisotopic (exact) mass is 424 g/mol. The van der Waals surface area contributed by atoms with Crippen molar-refractivity contribution in [1.82, 2.24) is 14.9 Å². The van der Waals surface area contributed by atoms with Crippen molar-refractivity contribution in [1.29, 1.82) is 0 Å². The van der Waals surface area contributed by atoms with Crippen LogP contribution in [0.5, 0.6) is 0 Å². The Balaban J connectivity index is 1.36. The zero-order chi connectivity index (χ0) is 22.0. The number of carbonyl (C=O) groups excluding carboxylic acids is 2. The first kappa shape index (κ1) is 21.7. The van der Waals surface area contributed by atoms with E-state index in [0.717, 1.165) is 37.8 Å². The number of aliphatic hydroxyl groups is 1. The van der Waals surface area contributed by atoms with Crippen LogP contribution < -0.4 is 5.32 Å². The highest BCUT2D eigenvalue weighted by molar-refractivity contribution is 6.21. The van der Waals surface area contributed by atoms with Gasteiger partial charge < -0.3 is 15.3 Å². The van der Waals surface area contributed by atoms with E-state index in [1.165, 1.54) is 6.08 Å². The van der Waals surface area contributed by atoms with Gasteiger partial charge in [-0.15, -0.1) is 0 Å². The van der Waals surface area contributed by atoms with Gasteiger partial charge in [0, 0.05) is 37.5 Å². The summed E-state index contributed by atoms with van der Waals surface area (Å²) in [5, 5.41) is 14.1. The van der Waals surface area contributed by atoms with Crippen molar-refractivity contribution in [2.75, 3.05) is 18.4 Å². The van der Waals surface area contributed by atoms with Crippen LogP contribution in [0.1, 0.15) is 63.3 Å². The van der Waals surface area contributed by atoms with Gasteiger partial charge in [-0.2, -0.15) is 0 Å². The minimum atomic E-state index is -0.700. The van der Waals surface area contributed by atoms with Gasteiger partial charge in [0.1, 0.15) is 5.82 Å². The Morgan fingerprint density at radius 1 is 1.35 bits per heavy atom. The van der Waals surface area contributed by atoms with Gasteiger partial charge in [-0.3, -0.25) is 14.6 Å². The molecule has 0 spiro atoms. The van der Waals surface area contributed by atoms with Crippen LogP contribution in [0, 0.1) is 5.92 Å². The largest absolute Gasteiger partial charge is 0.390 e.